The van der Waals surface area contributed by atoms with Gasteiger partial charge in [-0.15, -0.1) is 0 Å². The normalized spacial score (nSPS) is 20.6. The van der Waals surface area contributed by atoms with Gasteiger partial charge in [0.05, 0.1) is 35.9 Å². The summed E-state index contributed by atoms with van der Waals surface area (Å²) in [6.07, 6.45) is 10.4. The van der Waals surface area contributed by atoms with Crippen LogP contribution in [0, 0.1) is 5.92 Å². The van der Waals surface area contributed by atoms with E-state index in [0.29, 0.717) is 5.92 Å². The van der Waals surface area contributed by atoms with Crippen LogP contribution in [0.4, 0.5) is 0 Å². The maximum Gasteiger partial charge on any atom is 0.124 e. The number of nitrogens with zero attached hydrogens (tertiary/aromatic N) is 3. The molecule has 210 valence electrons. The number of ether oxygens (including phenoxy) is 1. The van der Waals surface area contributed by atoms with Crippen LogP contribution >= 0.6 is 0 Å². The van der Waals surface area contributed by atoms with Crippen molar-refractivity contribution in [2.75, 3.05) is 13.7 Å². The van der Waals surface area contributed by atoms with Gasteiger partial charge >= 0.3 is 0 Å². The van der Waals surface area contributed by atoms with Gasteiger partial charge in [0.15, 0.2) is 0 Å². The van der Waals surface area contributed by atoms with Crippen LogP contribution in [0.3, 0.4) is 0 Å². The summed E-state index contributed by atoms with van der Waals surface area (Å²) in [5.74, 6) is 2.66. The van der Waals surface area contributed by atoms with Gasteiger partial charge in [0, 0.05) is 25.5 Å². The Bertz CT molecular complexity index is 1390. The minimum atomic E-state index is -0.565. The van der Waals surface area contributed by atoms with Crippen molar-refractivity contribution < 1.29 is 9.84 Å². The van der Waals surface area contributed by atoms with Gasteiger partial charge in [0.25, 0.3) is 0 Å². The number of methoxy groups -OCH3 is 1. The number of rotatable bonds is 9. The predicted octanol–water partition coefficient (Wildman–Crippen LogP) is 6.92. The van der Waals surface area contributed by atoms with E-state index >= 15 is 0 Å². The topological polar surface area (TPSA) is 90.1 Å². The molecular weight excluding hydrogens is 498 g/mol. The summed E-state index contributed by atoms with van der Waals surface area (Å²) in [5, 5.41) is 11.0. The van der Waals surface area contributed by atoms with Crippen molar-refractivity contribution in [2.24, 2.45) is 5.92 Å². The number of aromatic amines is 2. The monoisotopic (exact) mass is 539 g/mol. The summed E-state index contributed by atoms with van der Waals surface area (Å²) in [7, 11) is 1.70. The van der Waals surface area contributed by atoms with E-state index in [0.717, 1.165) is 48.0 Å². The molecule has 2 aromatic heterocycles. The highest BCUT2D eigenvalue weighted by molar-refractivity contribution is 5.71. The molecule has 2 fully saturated rings. The zero-order chi connectivity index (χ0) is 27.6. The fourth-order valence-electron chi connectivity index (χ4n) is 6.39. The van der Waals surface area contributed by atoms with E-state index in [9.17, 15) is 5.11 Å². The molecule has 0 bridgehead atoms. The van der Waals surface area contributed by atoms with Crippen LogP contribution in [0.15, 0.2) is 60.9 Å². The Labute approximate surface area is 237 Å². The molecule has 40 heavy (non-hydrogen) atoms. The van der Waals surface area contributed by atoms with Gasteiger partial charge in [-0.2, -0.15) is 0 Å². The molecule has 2 aliphatic rings. The average Bonchev–Trinajstić information content (AvgIpc) is 3.82. The second-order valence-corrected chi connectivity index (χ2v) is 11.6. The number of H-pyrrole nitrogens is 2. The van der Waals surface area contributed by atoms with Crippen LogP contribution in [0.5, 0.6) is 0 Å². The van der Waals surface area contributed by atoms with Gasteiger partial charge in [0.1, 0.15) is 17.9 Å². The van der Waals surface area contributed by atoms with Crippen molar-refractivity contribution in [2.45, 2.75) is 76.7 Å². The molecule has 1 unspecified atom stereocenters. The number of hydrogen-bond donors (Lipinski definition) is 3. The summed E-state index contributed by atoms with van der Waals surface area (Å²) < 4.78 is 5.47. The van der Waals surface area contributed by atoms with Crippen LogP contribution in [0.2, 0.25) is 0 Å². The summed E-state index contributed by atoms with van der Waals surface area (Å²) in [5.41, 5.74) is 6.72. The van der Waals surface area contributed by atoms with Gasteiger partial charge in [0.2, 0.25) is 0 Å². The lowest BCUT2D eigenvalue weighted by Gasteiger charge is -2.34. The molecule has 7 heteroatoms. The molecule has 3 N–H and O–H groups in total. The first kappa shape index (κ1) is 26.9. The Morgan fingerprint density at radius 1 is 0.775 bits per heavy atom. The van der Waals surface area contributed by atoms with Gasteiger partial charge in [-0.3, -0.25) is 4.90 Å². The molecule has 0 radical (unpaired) electrons. The lowest BCUT2D eigenvalue weighted by atomic mass is 10.0. The van der Waals surface area contributed by atoms with E-state index in [-0.39, 0.29) is 18.1 Å². The largest absolute Gasteiger partial charge is 0.381 e. The van der Waals surface area contributed by atoms with Crippen molar-refractivity contribution in [3.05, 3.63) is 72.6 Å². The SMILES string of the molecule is CO[C@H](C)[C@H](C)C(O)N1CCC[C@H]1c1ncc(-c2ccc(-c3ccc(-c4cnc(C5CCCC5)[nH]4)cc3)cc2)[nH]1. The van der Waals surface area contributed by atoms with Crippen LogP contribution in [-0.2, 0) is 4.74 Å². The zero-order valence-corrected chi connectivity index (χ0v) is 23.8. The number of aromatic nitrogens is 4. The minimum absolute atomic E-state index is 0.00974. The molecule has 0 spiro atoms. The molecule has 1 aliphatic heterocycles. The predicted molar refractivity (Wildman–Crippen MR) is 159 cm³/mol. The number of hydrogen-bond acceptors (Lipinski definition) is 5. The number of imidazole rings is 2. The van der Waals surface area contributed by atoms with E-state index in [1.54, 1.807) is 7.11 Å². The lowest BCUT2D eigenvalue weighted by Crippen LogP contribution is -2.43. The zero-order valence-electron chi connectivity index (χ0n) is 23.8. The smallest absolute Gasteiger partial charge is 0.124 e. The number of nitrogens with one attached hydrogen (secondary N) is 2. The van der Waals surface area contributed by atoms with Gasteiger partial charge in [-0.05, 0) is 54.9 Å². The summed E-state index contributed by atoms with van der Waals surface area (Å²) in [6.45, 7) is 4.91. The number of benzene rings is 2. The molecule has 1 aliphatic carbocycles. The van der Waals surface area contributed by atoms with Crippen molar-refractivity contribution in [1.82, 2.24) is 24.8 Å². The van der Waals surface area contributed by atoms with Crippen molar-refractivity contribution in [1.29, 1.82) is 0 Å². The Hall–Kier alpha value is -3.26. The molecule has 7 nitrogen and oxygen atoms in total. The Morgan fingerprint density at radius 2 is 1.30 bits per heavy atom. The highest BCUT2D eigenvalue weighted by atomic mass is 16.5. The van der Waals surface area contributed by atoms with Crippen molar-refractivity contribution in [3.8, 4) is 33.6 Å². The Kier molecular flexibility index (Phi) is 7.87. The van der Waals surface area contributed by atoms with E-state index in [1.165, 1.54) is 42.4 Å². The van der Waals surface area contributed by atoms with Crippen LogP contribution < -0.4 is 0 Å². The highest BCUT2D eigenvalue weighted by Crippen LogP contribution is 2.36. The third kappa shape index (κ3) is 5.38. The van der Waals surface area contributed by atoms with Crippen molar-refractivity contribution >= 4 is 0 Å². The third-order valence-electron chi connectivity index (χ3n) is 9.19. The first-order chi connectivity index (χ1) is 19.5. The molecule has 0 amide bonds. The van der Waals surface area contributed by atoms with Gasteiger partial charge < -0.3 is 19.8 Å². The maximum absolute atomic E-state index is 11.0. The fraction of sp³-hybridized carbons (Fsp3) is 0.455. The highest BCUT2D eigenvalue weighted by Gasteiger charge is 2.36. The third-order valence-corrected chi connectivity index (χ3v) is 9.19. The van der Waals surface area contributed by atoms with E-state index in [1.807, 2.05) is 26.2 Å². The molecule has 1 saturated heterocycles. The first-order valence-corrected chi connectivity index (χ1v) is 14.8. The van der Waals surface area contributed by atoms with Crippen LogP contribution in [0.25, 0.3) is 33.6 Å². The number of aliphatic hydroxyl groups excluding tert-OH is 1. The first-order valence-electron chi connectivity index (χ1n) is 14.8. The number of likely N-dealkylation sites (tertiary alicyclic amines) is 1. The lowest BCUT2D eigenvalue weighted by molar-refractivity contribution is -0.0856. The molecule has 4 atom stereocenters. The van der Waals surface area contributed by atoms with E-state index < -0.39 is 6.23 Å². The quantitative estimate of drug-likeness (QED) is 0.215. The summed E-state index contributed by atoms with van der Waals surface area (Å²) in [6, 6.07) is 17.4. The second-order valence-electron chi connectivity index (χ2n) is 11.6. The second kappa shape index (κ2) is 11.7. The van der Waals surface area contributed by atoms with Crippen LogP contribution in [0.1, 0.15) is 76.0 Å². The van der Waals surface area contributed by atoms with Gasteiger partial charge in [-0.1, -0.05) is 68.3 Å². The molecular formula is C33H41N5O2. The Balaban J connectivity index is 1.13. The average molecular weight is 540 g/mol. The standard InChI is InChI=1S/C33H41N5O2/c1-21(22(2)40-3)33(39)38-18-6-9-30(38)32-35-20-29(37-32)26-16-12-24(13-17-26)23-10-14-25(15-11-23)28-19-34-31(36-28)27-7-4-5-8-27/h10-17,19-22,27,30,33,39H,4-9,18H2,1-3H3,(H,34,36)(H,35,37)/t21-,22+,30-,33?/m0/s1. The van der Waals surface area contributed by atoms with Gasteiger partial charge in [-0.25, -0.2) is 9.97 Å². The van der Waals surface area contributed by atoms with Crippen molar-refractivity contribution in [3.63, 3.8) is 0 Å². The summed E-state index contributed by atoms with van der Waals surface area (Å²) in [4.78, 5) is 18.7. The summed E-state index contributed by atoms with van der Waals surface area (Å²) >= 11 is 0. The molecule has 3 heterocycles. The Morgan fingerprint density at radius 3 is 1.88 bits per heavy atom. The minimum Gasteiger partial charge on any atom is -0.381 e. The fourth-order valence-corrected chi connectivity index (χ4v) is 6.39. The molecule has 6 rings (SSSR count). The number of aliphatic hydroxyl groups is 1. The molecule has 4 aromatic rings. The molecule has 2 aromatic carbocycles. The van der Waals surface area contributed by atoms with Crippen LogP contribution in [-0.4, -0.2) is 55.9 Å². The molecule has 1 saturated carbocycles. The van der Waals surface area contributed by atoms with E-state index in [2.05, 4.69) is 68.4 Å². The van der Waals surface area contributed by atoms with E-state index in [4.69, 9.17) is 9.72 Å². The maximum atomic E-state index is 11.0.